The van der Waals surface area contributed by atoms with E-state index in [1.807, 2.05) is 19.9 Å². The van der Waals surface area contributed by atoms with E-state index in [0.717, 1.165) is 12.1 Å². The number of aromatic amines is 10. The molecule has 0 fully saturated rings. The van der Waals surface area contributed by atoms with Gasteiger partial charge in [0, 0.05) is 12.1 Å². The van der Waals surface area contributed by atoms with E-state index in [-0.39, 0.29) is 41.7 Å². The fourth-order valence-electron chi connectivity index (χ4n) is 2.45. The van der Waals surface area contributed by atoms with E-state index in [2.05, 4.69) is 29.9 Å². The molecule has 0 aliphatic carbocycles. The zero-order valence-electron chi connectivity index (χ0n) is 20.9. The van der Waals surface area contributed by atoms with Crippen molar-refractivity contribution in [3.63, 3.8) is 0 Å². The minimum atomic E-state index is -0.666. The number of H-pyrrole nitrogens is 10. The lowest BCUT2D eigenvalue weighted by Gasteiger charge is -1.93. The lowest BCUT2D eigenvalue weighted by Crippen LogP contribution is -2.26. The molecule has 0 aliphatic heterocycles. The van der Waals surface area contributed by atoms with E-state index in [1.165, 1.54) is 5.34 Å². The summed E-state index contributed by atoms with van der Waals surface area (Å²) in [6.07, 6.45) is 0. The Kier molecular flexibility index (Phi) is 13.8. The predicted octanol–water partition coefficient (Wildman–Crippen LogP) is -5.47. The van der Waals surface area contributed by atoms with Crippen molar-refractivity contribution in [3.8, 4) is 0 Å². The maximum Gasteiger partial charge on any atom is 0.327 e. The summed E-state index contributed by atoms with van der Waals surface area (Å²) in [5, 5.41) is 7.89. The fourth-order valence-corrected chi connectivity index (χ4v) is 2.45. The van der Waals surface area contributed by atoms with Crippen LogP contribution < -0.4 is 73.6 Å². The quantitative estimate of drug-likeness (QED) is 0.0562. The Balaban J connectivity index is 0.000000543. The van der Waals surface area contributed by atoms with Crippen LogP contribution in [0.1, 0.15) is 7.43 Å². The van der Waals surface area contributed by atoms with Crippen molar-refractivity contribution in [2.75, 3.05) is 22.9 Å². The Hall–Kier alpha value is -7.41. The highest BCUT2D eigenvalue weighted by atomic mass is 16.6. The van der Waals surface area contributed by atoms with Crippen molar-refractivity contribution >= 4 is 34.3 Å². The molecular formula is C18H25N15O11. The van der Waals surface area contributed by atoms with Crippen molar-refractivity contribution in [1.82, 2.24) is 49.8 Å². The number of nitrogens with two attached hydrogens (primary N) is 4. The van der Waals surface area contributed by atoms with E-state index in [1.54, 1.807) is 0 Å². The van der Waals surface area contributed by atoms with Gasteiger partial charge in [0.2, 0.25) is 0 Å². The molecule has 0 amide bonds. The SMILES string of the molecule is C.Nc1[nH]c(=O)[nH]c(=O)c1N.Nc1cc(=O)[nH]c(=O)[nH]1.Nc1cc(=O)[nH]c(=O)[nH]1.O=NO.O=c1[nH]c(=O)c2[nH]c(=O)[nH]c2[nH]1. The van der Waals surface area contributed by atoms with E-state index in [9.17, 15) is 43.2 Å². The van der Waals surface area contributed by atoms with Gasteiger partial charge in [-0.3, -0.25) is 69.0 Å². The monoisotopic (exact) mass is 627 g/mol. The molecule has 0 saturated heterocycles. The average molecular weight is 627 g/mol. The summed E-state index contributed by atoms with van der Waals surface area (Å²) < 4.78 is 0. The van der Waals surface area contributed by atoms with Gasteiger partial charge in [-0.2, -0.15) is 0 Å². The van der Waals surface area contributed by atoms with Gasteiger partial charge in [0.25, 0.3) is 22.2 Å². The highest BCUT2D eigenvalue weighted by Gasteiger charge is 2.02. The number of fused-ring (bicyclic) bond motifs is 1. The van der Waals surface area contributed by atoms with Crippen LogP contribution in [-0.2, 0) is 0 Å². The Bertz CT molecular complexity index is 2100. The summed E-state index contributed by atoms with van der Waals surface area (Å²) >= 11 is 0. The van der Waals surface area contributed by atoms with Gasteiger partial charge in [0.05, 0.1) is 0 Å². The molecular weight excluding hydrogens is 602 g/mol. The number of nitrogen functional groups attached to an aromatic ring is 4. The van der Waals surface area contributed by atoms with E-state index < -0.39 is 50.7 Å². The molecule has 0 atom stereocenters. The van der Waals surface area contributed by atoms with Crippen LogP contribution in [0.25, 0.3) is 11.2 Å². The van der Waals surface area contributed by atoms with Crippen LogP contribution in [0, 0.1) is 4.91 Å². The zero-order valence-corrected chi connectivity index (χ0v) is 20.9. The minimum absolute atomic E-state index is 0. The molecule has 5 aromatic heterocycles. The van der Waals surface area contributed by atoms with Gasteiger partial charge in [-0.05, 0) is 0 Å². The third-order valence-corrected chi connectivity index (χ3v) is 3.99. The van der Waals surface area contributed by atoms with Crippen molar-refractivity contribution in [1.29, 1.82) is 0 Å². The molecule has 0 spiro atoms. The van der Waals surface area contributed by atoms with E-state index >= 15 is 0 Å². The van der Waals surface area contributed by atoms with Gasteiger partial charge in [-0.25, -0.2) is 24.0 Å². The molecule has 26 heteroatoms. The first-order valence-electron chi connectivity index (χ1n) is 10.5. The number of rotatable bonds is 0. The summed E-state index contributed by atoms with van der Waals surface area (Å²) in [6, 6.07) is 2.20. The maximum atomic E-state index is 10.9. The van der Waals surface area contributed by atoms with Gasteiger partial charge in [-0.1, -0.05) is 7.43 Å². The van der Waals surface area contributed by atoms with Crippen molar-refractivity contribution in [3.05, 3.63) is 111 Å². The third kappa shape index (κ3) is 12.2. The molecule has 19 N–H and O–H groups in total. The summed E-state index contributed by atoms with van der Waals surface area (Å²) in [5.74, 6) is 0.0428. The number of hydrogen-bond donors (Lipinski definition) is 15. The standard InChI is InChI=1S/C5H4N4O3.C4H6N4O2.2C4H5N3O2.CH4.HNO2/c10-3-1-2(7-4(11)6-1)8-5(12)9-3;5-1-2(6)7-4(10)8-3(1)9;2*5-2-1-3(8)7-4(9)6-2;;2-1-3/h(H4,6,7,8,9,10,11,12);5H2,(H4,6,7,8,9,10);2*1H,(H4,5,6,7,8,9);1H4;(H,2,3). The lowest BCUT2D eigenvalue weighted by molar-refractivity contribution is 0.312. The predicted molar refractivity (Wildman–Crippen MR) is 155 cm³/mol. The van der Waals surface area contributed by atoms with E-state index in [4.69, 9.17) is 33.0 Å². The van der Waals surface area contributed by atoms with Gasteiger partial charge < -0.3 is 28.1 Å². The van der Waals surface area contributed by atoms with Crippen LogP contribution in [0.2, 0.25) is 0 Å². The molecule has 0 radical (unpaired) electrons. The van der Waals surface area contributed by atoms with Gasteiger partial charge >= 0.3 is 28.4 Å². The highest BCUT2D eigenvalue weighted by molar-refractivity contribution is 5.67. The topological polar surface area (TPSA) is 465 Å². The normalized spacial score (nSPS) is 9.18. The smallest absolute Gasteiger partial charge is 0.327 e. The third-order valence-electron chi connectivity index (χ3n) is 3.99. The first kappa shape index (κ1) is 36.6. The van der Waals surface area contributed by atoms with Gasteiger partial charge in [0.1, 0.15) is 34.3 Å². The van der Waals surface area contributed by atoms with Crippen LogP contribution in [0.5, 0.6) is 0 Å². The molecule has 0 aliphatic rings. The molecule has 0 aromatic carbocycles. The second-order valence-corrected chi connectivity index (χ2v) is 7.14. The van der Waals surface area contributed by atoms with E-state index in [0.29, 0.717) is 0 Å². The second-order valence-electron chi connectivity index (χ2n) is 7.14. The molecule has 44 heavy (non-hydrogen) atoms. The average Bonchev–Trinajstić information content (AvgIpc) is 3.23. The van der Waals surface area contributed by atoms with Crippen LogP contribution >= 0.6 is 0 Å². The largest absolute Gasteiger partial charge is 0.391 e. The number of anilines is 4. The number of imidazole rings is 1. The summed E-state index contributed by atoms with van der Waals surface area (Å²) in [4.78, 5) is 124. The Morgan fingerprint density at radius 2 is 0.886 bits per heavy atom. The molecule has 0 bridgehead atoms. The van der Waals surface area contributed by atoms with Crippen LogP contribution in [0.15, 0.2) is 60.6 Å². The Morgan fingerprint density at radius 3 is 1.27 bits per heavy atom. The maximum absolute atomic E-state index is 10.9. The Labute approximate surface area is 236 Å². The molecule has 238 valence electrons. The first-order chi connectivity index (χ1) is 20.1. The summed E-state index contributed by atoms with van der Waals surface area (Å²) in [7, 11) is 0. The van der Waals surface area contributed by atoms with Crippen molar-refractivity contribution < 1.29 is 5.21 Å². The number of nitrogens with zero attached hydrogens (tertiary/aromatic N) is 1. The van der Waals surface area contributed by atoms with Crippen LogP contribution in [0.3, 0.4) is 0 Å². The number of nitrogens with one attached hydrogen (secondary N) is 10. The molecule has 5 heterocycles. The number of aromatic nitrogens is 10. The molecule has 5 aromatic rings. The highest BCUT2D eigenvalue weighted by Crippen LogP contribution is 1.96. The van der Waals surface area contributed by atoms with Crippen LogP contribution in [0.4, 0.5) is 23.1 Å². The van der Waals surface area contributed by atoms with Crippen LogP contribution in [-0.4, -0.2) is 55.0 Å². The lowest BCUT2D eigenvalue weighted by atomic mass is 10.5. The molecule has 0 unspecified atom stereocenters. The van der Waals surface area contributed by atoms with Crippen molar-refractivity contribution in [2.24, 2.45) is 5.34 Å². The number of hydrogen-bond acceptors (Lipinski definition) is 15. The zero-order chi connectivity index (χ0) is 32.9. The van der Waals surface area contributed by atoms with Gasteiger partial charge in [0.15, 0.2) is 5.34 Å². The first-order valence-corrected chi connectivity index (χ1v) is 10.5. The second kappa shape index (κ2) is 16.6. The molecule has 5 rings (SSSR count). The van der Waals surface area contributed by atoms with Gasteiger partial charge in [-0.15, -0.1) is 4.91 Å². The fraction of sp³-hybridized carbons (Fsp3) is 0.0556. The molecule has 26 nitrogen and oxygen atoms in total. The Morgan fingerprint density at radius 1 is 0.523 bits per heavy atom. The van der Waals surface area contributed by atoms with Crippen molar-refractivity contribution in [2.45, 2.75) is 7.43 Å². The minimum Gasteiger partial charge on any atom is -0.391 e. The molecule has 0 saturated carbocycles. The summed E-state index contributed by atoms with van der Waals surface area (Å²) in [5.41, 5.74) is 15.1. The summed E-state index contributed by atoms with van der Waals surface area (Å²) in [6.45, 7) is 0.